The van der Waals surface area contributed by atoms with Crippen LogP contribution < -0.4 is 9.47 Å². The number of carbonyl (C=O) groups is 3. The zero-order valence-electron chi connectivity index (χ0n) is 30.2. The maximum absolute atomic E-state index is 14.7. The van der Waals surface area contributed by atoms with Crippen molar-refractivity contribution in [3.8, 4) is 17.2 Å². The second-order valence-corrected chi connectivity index (χ2v) is 13.5. The number of carbonyl (C=O) groups excluding carboxylic acids is 3. The predicted octanol–water partition coefficient (Wildman–Crippen LogP) is 7.61. The van der Waals surface area contributed by atoms with E-state index in [0.29, 0.717) is 27.8 Å². The number of Topliss-reactive ketones (excluding diaryl/α,β-unsaturated/α-hetero) is 1. The van der Waals surface area contributed by atoms with E-state index >= 15 is 0 Å². The molecule has 0 unspecified atom stereocenters. The summed E-state index contributed by atoms with van der Waals surface area (Å²) in [5, 5.41) is 11.8. The quantitative estimate of drug-likeness (QED) is 0.116. The fourth-order valence-electron chi connectivity index (χ4n) is 6.52. The van der Waals surface area contributed by atoms with E-state index in [1.54, 1.807) is 97.9 Å². The average Bonchev–Trinajstić information content (AvgIpc) is 3.15. The fraction of sp³-hybridized carbons (Fsp3) is 0.279. The molecule has 0 aromatic heterocycles. The van der Waals surface area contributed by atoms with Crippen LogP contribution in [-0.2, 0) is 35.0 Å². The molecule has 10 nitrogen and oxygen atoms in total. The van der Waals surface area contributed by atoms with Crippen molar-refractivity contribution in [1.82, 2.24) is 0 Å². The summed E-state index contributed by atoms with van der Waals surface area (Å²) in [5.41, 5.74) is 1.76. The molecule has 4 aromatic rings. The zero-order chi connectivity index (χ0) is 37.9. The lowest BCUT2D eigenvalue weighted by atomic mass is 9.86. The molecular weight excluding hydrogens is 676 g/mol. The van der Waals surface area contributed by atoms with Crippen molar-refractivity contribution in [2.24, 2.45) is 0 Å². The first-order valence-corrected chi connectivity index (χ1v) is 17.2. The number of aromatic hydroxyl groups is 1. The monoisotopic (exact) mass is 718 g/mol. The minimum atomic E-state index is -1.51. The van der Waals surface area contributed by atoms with Gasteiger partial charge >= 0.3 is 11.9 Å². The van der Waals surface area contributed by atoms with Crippen molar-refractivity contribution < 1.29 is 47.9 Å². The van der Waals surface area contributed by atoms with Crippen LogP contribution in [-0.4, -0.2) is 54.9 Å². The minimum Gasteiger partial charge on any atom is -0.506 e. The van der Waals surface area contributed by atoms with Crippen molar-refractivity contribution in [3.05, 3.63) is 143 Å². The fourth-order valence-corrected chi connectivity index (χ4v) is 6.52. The van der Waals surface area contributed by atoms with Gasteiger partial charge in [-0.25, -0.2) is 9.59 Å². The Hall–Kier alpha value is -5.71. The molecule has 4 aromatic carbocycles. The number of hydrogen-bond donors (Lipinski definition) is 1. The molecule has 2 aliphatic heterocycles. The van der Waals surface area contributed by atoms with Crippen molar-refractivity contribution >= 4 is 23.8 Å². The zero-order valence-corrected chi connectivity index (χ0v) is 30.2. The molecule has 0 spiro atoms. The number of rotatable bonds is 12. The Balaban J connectivity index is 1.45. The first-order valence-electron chi connectivity index (χ1n) is 17.2. The van der Waals surface area contributed by atoms with Crippen LogP contribution in [0.2, 0.25) is 0 Å². The molecule has 5 atom stereocenters. The number of esters is 2. The number of methoxy groups -OCH3 is 2. The van der Waals surface area contributed by atoms with Gasteiger partial charge in [0.15, 0.2) is 18.3 Å². The molecule has 10 heteroatoms. The van der Waals surface area contributed by atoms with Gasteiger partial charge in [0.2, 0.25) is 11.9 Å². The molecule has 1 N–H and O–H groups in total. The summed E-state index contributed by atoms with van der Waals surface area (Å²) in [5.74, 6) is -2.29. The highest BCUT2D eigenvalue weighted by molar-refractivity contribution is 6.08. The Morgan fingerprint density at radius 2 is 1.40 bits per heavy atom. The third-order valence-corrected chi connectivity index (χ3v) is 9.23. The summed E-state index contributed by atoms with van der Waals surface area (Å²) >= 11 is 0. The number of benzene rings is 4. The number of phenols is 1. The van der Waals surface area contributed by atoms with Gasteiger partial charge in [0.1, 0.15) is 34.5 Å². The summed E-state index contributed by atoms with van der Waals surface area (Å²) in [6, 6.07) is 26.6. The minimum absolute atomic E-state index is 0.0125. The number of ether oxygens (including phenoxy) is 6. The summed E-state index contributed by atoms with van der Waals surface area (Å²) in [6.07, 6.45) is -2.35. The van der Waals surface area contributed by atoms with Crippen LogP contribution in [0.15, 0.2) is 109 Å². The average molecular weight is 719 g/mol. The lowest BCUT2D eigenvalue weighted by Gasteiger charge is -2.37. The van der Waals surface area contributed by atoms with Crippen molar-refractivity contribution in [2.45, 2.75) is 63.3 Å². The standard InChI is InChI=1S/C43H42O10/c1-25(2)31(50-41(46)36(48-5)27-18-12-8-13-19-27)24-30-38-29(22-23-43(3,4)53-38)33(44)32-34(45)40(35(51-39(30)32)26-16-10-7-11-17-26)52-42(47)37(49-6)28-20-14-9-15-21-28/h7-23,31,35-37,40,44H,1,24H2,2-6H3/t31-,35+,36+,37+,40-/m0/s1. The summed E-state index contributed by atoms with van der Waals surface area (Å²) in [4.78, 5) is 42.0. The largest absolute Gasteiger partial charge is 0.506 e. The van der Waals surface area contributed by atoms with Gasteiger partial charge in [-0.05, 0) is 55.2 Å². The smallest absolute Gasteiger partial charge is 0.340 e. The topological polar surface area (TPSA) is 127 Å². The van der Waals surface area contributed by atoms with E-state index in [1.807, 2.05) is 26.0 Å². The van der Waals surface area contributed by atoms with Crippen LogP contribution in [0.3, 0.4) is 0 Å². The molecule has 274 valence electrons. The van der Waals surface area contributed by atoms with E-state index in [1.165, 1.54) is 14.2 Å². The van der Waals surface area contributed by atoms with E-state index in [4.69, 9.17) is 28.4 Å². The van der Waals surface area contributed by atoms with Crippen LogP contribution in [0.1, 0.15) is 77.3 Å². The van der Waals surface area contributed by atoms with Crippen LogP contribution >= 0.6 is 0 Å². The SMILES string of the molecule is C=C(C)[C@H](Cc1c2c(c(O)c3c1O[C@H](c1ccccc1)[C@@H](OC(=O)[C@H](OC)c1ccccc1)C3=O)C=CC(C)(C)O2)OC(=O)[C@H](OC)c1ccccc1. The maximum atomic E-state index is 14.7. The molecule has 2 heterocycles. The Morgan fingerprint density at radius 1 is 0.849 bits per heavy atom. The number of hydrogen-bond acceptors (Lipinski definition) is 10. The van der Waals surface area contributed by atoms with Gasteiger partial charge in [-0.3, -0.25) is 4.79 Å². The van der Waals surface area contributed by atoms with Gasteiger partial charge < -0.3 is 33.5 Å². The molecule has 0 bridgehead atoms. The molecule has 2 aliphatic rings. The Kier molecular flexibility index (Phi) is 10.8. The molecule has 0 radical (unpaired) electrons. The normalized spacial score (nSPS) is 18.6. The highest BCUT2D eigenvalue weighted by atomic mass is 16.6. The molecule has 0 saturated heterocycles. The highest BCUT2D eigenvalue weighted by Crippen LogP contribution is 2.52. The van der Waals surface area contributed by atoms with Crippen LogP contribution in [0.4, 0.5) is 0 Å². The Bertz CT molecular complexity index is 2020. The lowest BCUT2D eigenvalue weighted by Crippen LogP contribution is -2.42. The molecular formula is C43H42O10. The lowest BCUT2D eigenvalue weighted by molar-refractivity contribution is -0.164. The van der Waals surface area contributed by atoms with Gasteiger partial charge in [0.25, 0.3) is 0 Å². The number of phenolic OH excluding ortho intramolecular Hbond substituents is 1. The molecule has 53 heavy (non-hydrogen) atoms. The van der Waals surface area contributed by atoms with Gasteiger partial charge in [-0.15, -0.1) is 0 Å². The van der Waals surface area contributed by atoms with Crippen LogP contribution in [0, 0.1) is 0 Å². The summed E-state index contributed by atoms with van der Waals surface area (Å²) in [6.45, 7) is 9.52. The van der Waals surface area contributed by atoms with E-state index in [0.717, 1.165) is 0 Å². The predicted molar refractivity (Wildman–Crippen MR) is 197 cm³/mol. The Labute approximate surface area is 308 Å². The van der Waals surface area contributed by atoms with E-state index in [2.05, 4.69) is 6.58 Å². The van der Waals surface area contributed by atoms with Gasteiger partial charge in [0.05, 0.1) is 5.56 Å². The molecule has 0 amide bonds. The summed E-state index contributed by atoms with van der Waals surface area (Å²) in [7, 11) is 2.80. The number of ketones is 1. The maximum Gasteiger partial charge on any atom is 0.340 e. The summed E-state index contributed by atoms with van der Waals surface area (Å²) < 4.78 is 36.2. The van der Waals surface area contributed by atoms with E-state index < -0.39 is 59.6 Å². The first-order chi connectivity index (χ1) is 25.4. The van der Waals surface area contributed by atoms with Crippen molar-refractivity contribution in [2.75, 3.05) is 14.2 Å². The van der Waals surface area contributed by atoms with Crippen molar-refractivity contribution in [3.63, 3.8) is 0 Å². The molecule has 0 aliphatic carbocycles. The van der Waals surface area contributed by atoms with Gasteiger partial charge in [-0.1, -0.05) is 97.6 Å². The number of fused-ring (bicyclic) bond motifs is 2. The molecule has 6 rings (SSSR count). The van der Waals surface area contributed by atoms with E-state index in [-0.39, 0.29) is 29.0 Å². The van der Waals surface area contributed by atoms with Crippen LogP contribution in [0.5, 0.6) is 17.2 Å². The van der Waals surface area contributed by atoms with Gasteiger partial charge in [-0.2, -0.15) is 0 Å². The molecule has 0 fully saturated rings. The van der Waals surface area contributed by atoms with Crippen molar-refractivity contribution in [1.29, 1.82) is 0 Å². The highest BCUT2D eigenvalue weighted by Gasteiger charge is 2.47. The second-order valence-electron chi connectivity index (χ2n) is 13.5. The third kappa shape index (κ3) is 7.60. The third-order valence-electron chi connectivity index (χ3n) is 9.23. The van der Waals surface area contributed by atoms with E-state index in [9.17, 15) is 19.5 Å². The first kappa shape index (κ1) is 37.1. The van der Waals surface area contributed by atoms with Gasteiger partial charge in [0, 0.05) is 26.2 Å². The van der Waals surface area contributed by atoms with Crippen LogP contribution in [0.25, 0.3) is 6.08 Å². The Morgan fingerprint density at radius 3 is 1.94 bits per heavy atom. The second kappa shape index (κ2) is 15.5. The molecule has 0 saturated carbocycles.